The van der Waals surface area contributed by atoms with Crippen LogP contribution in [0.5, 0.6) is 0 Å². The van der Waals surface area contributed by atoms with E-state index in [4.69, 9.17) is 0 Å². The Kier molecular flexibility index (Phi) is 24.9. The van der Waals surface area contributed by atoms with Crippen molar-refractivity contribution in [2.24, 2.45) is 5.92 Å². The van der Waals surface area contributed by atoms with Gasteiger partial charge in [-0.25, -0.2) is 0 Å². The van der Waals surface area contributed by atoms with Crippen molar-refractivity contribution in [3.63, 3.8) is 0 Å². The quantitative estimate of drug-likeness (QED) is 0.119. The molecule has 1 heteroatoms. The van der Waals surface area contributed by atoms with Gasteiger partial charge in [0, 0.05) is 0 Å². The maximum atomic E-state index is 2.39. The van der Waals surface area contributed by atoms with Crippen LogP contribution in [0.25, 0.3) is 0 Å². The lowest BCUT2D eigenvalue weighted by molar-refractivity contribution is 0.498. The minimum atomic E-state index is 1.03. The molecule has 0 saturated carbocycles. The van der Waals surface area contributed by atoms with Crippen LogP contribution in [-0.2, 0) is 0 Å². The molecule has 2 unspecified atom stereocenters. The molecule has 0 aliphatic carbocycles. The summed E-state index contributed by atoms with van der Waals surface area (Å²) in [5.41, 5.74) is 0. The molecular formula is C26H55P. The molecule has 0 N–H and O–H groups in total. The van der Waals surface area contributed by atoms with Crippen LogP contribution in [-0.4, -0.2) is 12.3 Å². The maximum Gasteiger partial charge on any atom is -0.0325 e. The van der Waals surface area contributed by atoms with Crippen LogP contribution in [0.4, 0.5) is 0 Å². The van der Waals surface area contributed by atoms with E-state index in [1.807, 2.05) is 0 Å². The fraction of sp³-hybridized carbons (Fsp3) is 1.00. The molecule has 0 nitrogen and oxygen atoms in total. The van der Waals surface area contributed by atoms with Crippen molar-refractivity contribution in [1.29, 1.82) is 0 Å². The van der Waals surface area contributed by atoms with Crippen molar-refractivity contribution in [1.82, 2.24) is 0 Å². The average Bonchev–Trinajstić information content (AvgIpc) is 2.69. The standard InChI is InChI=1S/C26H55P/c1-4-7-9-10-11-12-13-14-15-16-17-18-19-20-21-22-24-27-25-26(6-3)23-8-5-2/h26-27H,4-25H2,1-3H3. The third-order valence-electron chi connectivity index (χ3n) is 6.18. The highest BCUT2D eigenvalue weighted by Gasteiger charge is 2.04. The number of unbranched alkanes of at least 4 members (excludes halogenated alkanes) is 16. The smallest absolute Gasteiger partial charge is 0.0325 e. The first-order valence-electron chi connectivity index (χ1n) is 13.1. The van der Waals surface area contributed by atoms with Crippen LogP contribution in [0, 0.1) is 5.92 Å². The Bertz CT molecular complexity index is 251. The summed E-state index contributed by atoms with van der Waals surface area (Å²) in [7, 11) is 1.24. The normalized spacial score (nSPS) is 13.0. The third kappa shape index (κ3) is 22.6. The molecule has 0 saturated heterocycles. The van der Waals surface area contributed by atoms with E-state index in [0.717, 1.165) is 5.92 Å². The molecule has 0 spiro atoms. The zero-order chi connectivity index (χ0) is 19.8. The fourth-order valence-electron chi connectivity index (χ4n) is 4.05. The van der Waals surface area contributed by atoms with Gasteiger partial charge < -0.3 is 0 Å². The first-order chi connectivity index (χ1) is 13.3. The average molecular weight is 399 g/mol. The molecule has 0 aromatic carbocycles. The van der Waals surface area contributed by atoms with Crippen molar-refractivity contribution in [2.45, 2.75) is 149 Å². The number of hydrogen-bond acceptors (Lipinski definition) is 0. The van der Waals surface area contributed by atoms with Crippen LogP contribution in [0.3, 0.4) is 0 Å². The Morgan fingerprint density at radius 1 is 0.481 bits per heavy atom. The molecule has 0 aliphatic rings. The van der Waals surface area contributed by atoms with Crippen molar-refractivity contribution in [2.75, 3.05) is 12.3 Å². The van der Waals surface area contributed by atoms with Gasteiger partial charge in [-0.3, -0.25) is 0 Å². The van der Waals surface area contributed by atoms with Gasteiger partial charge in [-0.1, -0.05) is 143 Å². The minimum Gasteiger partial charge on any atom is -0.122 e. The largest absolute Gasteiger partial charge is 0.122 e. The summed E-state index contributed by atoms with van der Waals surface area (Å²) in [5, 5.41) is 0. The second kappa shape index (κ2) is 24.5. The van der Waals surface area contributed by atoms with E-state index in [1.54, 1.807) is 0 Å². The minimum absolute atomic E-state index is 1.03. The monoisotopic (exact) mass is 398 g/mol. The molecule has 0 aliphatic heterocycles. The van der Waals surface area contributed by atoms with E-state index in [1.165, 1.54) is 149 Å². The highest BCUT2D eigenvalue weighted by Crippen LogP contribution is 2.24. The van der Waals surface area contributed by atoms with Gasteiger partial charge in [-0.05, 0) is 24.7 Å². The van der Waals surface area contributed by atoms with E-state index < -0.39 is 0 Å². The van der Waals surface area contributed by atoms with E-state index in [9.17, 15) is 0 Å². The summed E-state index contributed by atoms with van der Waals surface area (Å²) in [6.45, 7) is 7.02. The van der Waals surface area contributed by atoms with Gasteiger partial charge in [-0.2, -0.15) is 0 Å². The molecule has 0 amide bonds. The summed E-state index contributed by atoms with van der Waals surface area (Å²) in [6.07, 6.45) is 32.4. The topological polar surface area (TPSA) is 0 Å². The van der Waals surface area contributed by atoms with Gasteiger partial charge in [0.05, 0.1) is 0 Å². The Morgan fingerprint density at radius 2 is 0.889 bits per heavy atom. The van der Waals surface area contributed by atoms with Crippen molar-refractivity contribution in [3.05, 3.63) is 0 Å². The summed E-state index contributed by atoms with van der Waals surface area (Å²) in [5.74, 6) is 1.03. The summed E-state index contributed by atoms with van der Waals surface area (Å²) in [4.78, 5) is 0. The Balaban J connectivity index is 3.10. The first kappa shape index (κ1) is 27.4. The lowest BCUT2D eigenvalue weighted by atomic mass is 10.0. The van der Waals surface area contributed by atoms with Gasteiger partial charge in [-0.15, -0.1) is 8.58 Å². The molecule has 0 fully saturated rings. The van der Waals surface area contributed by atoms with Gasteiger partial charge in [0.25, 0.3) is 0 Å². The van der Waals surface area contributed by atoms with E-state index in [2.05, 4.69) is 20.8 Å². The maximum absolute atomic E-state index is 2.39. The van der Waals surface area contributed by atoms with E-state index in [-0.39, 0.29) is 0 Å². The molecule has 0 bridgehead atoms. The molecule has 27 heavy (non-hydrogen) atoms. The van der Waals surface area contributed by atoms with E-state index >= 15 is 0 Å². The molecule has 0 heterocycles. The molecule has 0 aromatic heterocycles. The first-order valence-corrected chi connectivity index (χ1v) is 14.5. The summed E-state index contributed by atoms with van der Waals surface area (Å²) < 4.78 is 0. The van der Waals surface area contributed by atoms with Crippen molar-refractivity contribution < 1.29 is 0 Å². The highest BCUT2D eigenvalue weighted by atomic mass is 31.1. The second-order valence-corrected chi connectivity index (χ2v) is 10.3. The predicted molar refractivity (Wildman–Crippen MR) is 131 cm³/mol. The molecule has 2 atom stereocenters. The number of hydrogen-bond donors (Lipinski definition) is 0. The van der Waals surface area contributed by atoms with Crippen LogP contribution >= 0.6 is 8.58 Å². The van der Waals surface area contributed by atoms with Crippen LogP contribution in [0.15, 0.2) is 0 Å². The van der Waals surface area contributed by atoms with Crippen LogP contribution in [0.1, 0.15) is 149 Å². The van der Waals surface area contributed by atoms with Gasteiger partial charge >= 0.3 is 0 Å². The predicted octanol–water partition coefficient (Wildman–Crippen LogP) is 10.1. The fourth-order valence-corrected chi connectivity index (χ4v) is 5.65. The number of rotatable bonds is 23. The van der Waals surface area contributed by atoms with Gasteiger partial charge in [0.2, 0.25) is 0 Å². The lowest BCUT2D eigenvalue weighted by Gasteiger charge is -2.13. The van der Waals surface area contributed by atoms with Crippen molar-refractivity contribution >= 4 is 8.58 Å². The Hall–Kier alpha value is 0.430. The van der Waals surface area contributed by atoms with Gasteiger partial charge in [0.15, 0.2) is 0 Å². The van der Waals surface area contributed by atoms with Crippen molar-refractivity contribution in [3.8, 4) is 0 Å². The molecule has 164 valence electrons. The Morgan fingerprint density at radius 3 is 1.30 bits per heavy atom. The van der Waals surface area contributed by atoms with Gasteiger partial charge in [0.1, 0.15) is 0 Å². The third-order valence-corrected chi connectivity index (χ3v) is 7.76. The molecule has 0 radical (unpaired) electrons. The zero-order valence-electron chi connectivity index (χ0n) is 19.6. The summed E-state index contributed by atoms with van der Waals surface area (Å²) >= 11 is 0. The van der Waals surface area contributed by atoms with Crippen LogP contribution in [0.2, 0.25) is 0 Å². The molecule has 0 rings (SSSR count). The SMILES string of the molecule is CCCCCCCCCCCCCCCCCCPCC(CC)CCCC. The zero-order valence-corrected chi connectivity index (χ0v) is 20.6. The lowest BCUT2D eigenvalue weighted by Crippen LogP contribution is -2.01. The molecular weight excluding hydrogens is 343 g/mol. The summed E-state index contributed by atoms with van der Waals surface area (Å²) in [6, 6.07) is 0. The van der Waals surface area contributed by atoms with E-state index in [0.29, 0.717) is 0 Å². The second-order valence-electron chi connectivity index (χ2n) is 8.92. The molecule has 0 aromatic rings. The highest BCUT2D eigenvalue weighted by molar-refractivity contribution is 7.37. The van der Waals surface area contributed by atoms with Crippen LogP contribution < -0.4 is 0 Å². The Labute approximate surface area is 176 Å².